The quantitative estimate of drug-likeness (QED) is 0.882. The van der Waals surface area contributed by atoms with Gasteiger partial charge in [0.15, 0.2) is 0 Å². The molecule has 0 bridgehead atoms. The van der Waals surface area contributed by atoms with Crippen LogP contribution in [0.15, 0.2) is 16.6 Å². The minimum absolute atomic E-state index is 0.224. The molecule has 2 nitrogen and oxygen atoms in total. The molecule has 0 aliphatic rings. The van der Waals surface area contributed by atoms with E-state index in [0.29, 0.717) is 0 Å². The van der Waals surface area contributed by atoms with E-state index in [2.05, 4.69) is 47.2 Å². The van der Waals surface area contributed by atoms with E-state index in [4.69, 9.17) is 5.11 Å². The van der Waals surface area contributed by atoms with Gasteiger partial charge in [-0.2, -0.15) is 0 Å². The summed E-state index contributed by atoms with van der Waals surface area (Å²) in [4.78, 5) is 0. The molecule has 2 N–H and O–H groups in total. The Bertz CT molecular complexity index is 315. The number of nitrogens with one attached hydrogen (secondary N) is 1. The number of benzene rings is 1. The summed E-state index contributed by atoms with van der Waals surface area (Å²) in [5.74, 6) is 0.286. The first-order chi connectivity index (χ1) is 7.04. The molecule has 0 heterocycles. The van der Waals surface area contributed by atoms with Crippen molar-refractivity contribution in [2.24, 2.45) is 5.92 Å². The average molecular weight is 272 g/mol. The summed E-state index contributed by atoms with van der Waals surface area (Å²) in [6, 6.07) is 4.22. The SMILES string of the molecule is Cc1cc(NCC(C)CO)cc(C)c1Br. The topological polar surface area (TPSA) is 32.3 Å². The van der Waals surface area contributed by atoms with Crippen molar-refractivity contribution in [1.82, 2.24) is 0 Å². The maximum atomic E-state index is 8.92. The normalized spacial score (nSPS) is 12.6. The van der Waals surface area contributed by atoms with Crippen LogP contribution in [0.1, 0.15) is 18.1 Å². The number of hydrogen-bond donors (Lipinski definition) is 2. The fourth-order valence-corrected chi connectivity index (χ4v) is 1.63. The van der Waals surface area contributed by atoms with Gasteiger partial charge in [-0.25, -0.2) is 0 Å². The molecule has 1 rings (SSSR count). The third-order valence-corrected chi connectivity index (χ3v) is 3.65. The van der Waals surface area contributed by atoms with Gasteiger partial charge >= 0.3 is 0 Å². The van der Waals surface area contributed by atoms with Crippen LogP contribution in [0.25, 0.3) is 0 Å². The van der Waals surface area contributed by atoms with E-state index in [9.17, 15) is 0 Å². The van der Waals surface area contributed by atoms with Crippen LogP contribution in [-0.4, -0.2) is 18.3 Å². The molecular weight excluding hydrogens is 254 g/mol. The van der Waals surface area contributed by atoms with Crippen LogP contribution < -0.4 is 5.32 Å². The largest absolute Gasteiger partial charge is 0.396 e. The standard InChI is InChI=1S/C12H18BrNO/c1-8(7-15)6-14-11-4-9(2)12(13)10(3)5-11/h4-5,8,14-15H,6-7H2,1-3H3. The molecule has 3 heteroatoms. The highest BCUT2D eigenvalue weighted by Gasteiger charge is 2.03. The molecule has 0 aromatic heterocycles. The Balaban J connectivity index is 2.70. The van der Waals surface area contributed by atoms with Gasteiger partial charge in [-0.05, 0) is 43.0 Å². The molecule has 0 radical (unpaired) electrons. The van der Waals surface area contributed by atoms with Crippen LogP contribution in [-0.2, 0) is 0 Å². The highest BCUT2D eigenvalue weighted by molar-refractivity contribution is 9.10. The molecule has 0 amide bonds. The predicted molar refractivity (Wildman–Crippen MR) is 68.4 cm³/mol. The summed E-state index contributed by atoms with van der Waals surface area (Å²) in [6.45, 7) is 7.21. The van der Waals surface area contributed by atoms with Crippen molar-refractivity contribution in [2.45, 2.75) is 20.8 Å². The number of aryl methyl sites for hydroxylation is 2. The highest BCUT2D eigenvalue weighted by atomic mass is 79.9. The molecule has 0 saturated heterocycles. The predicted octanol–water partition coefficient (Wildman–Crippen LogP) is 3.11. The van der Waals surface area contributed by atoms with Crippen molar-refractivity contribution >= 4 is 21.6 Å². The molecule has 0 aliphatic carbocycles. The molecule has 0 saturated carbocycles. The minimum Gasteiger partial charge on any atom is -0.396 e. The Hall–Kier alpha value is -0.540. The van der Waals surface area contributed by atoms with Crippen LogP contribution in [0.5, 0.6) is 0 Å². The van der Waals surface area contributed by atoms with E-state index in [1.807, 2.05) is 6.92 Å². The second kappa shape index (κ2) is 5.52. The van der Waals surface area contributed by atoms with Gasteiger partial charge in [0.2, 0.25) is 0 Å². The van der Waals surface area contributed by atoms with Crippen molar-refractivity contribution in [3.63, 3.8) is 0 Å². The van der Waals surface area contributed by atoms with Crippen molar-refractivity contribution in [1.29, 1.82) is 0 Å². The van der Waals surface area contributed by atoms with Gasteiger partial charge in [0, 0.05) is 23.3 Å². The number of halogens is 1. The van der Waals surface area contributed by atoms with Gasteiger partial charge in [-0.15, -0.1) is 0 Å². The lowest BCUT2D eigenvalue weighted by Gasteiger charge is -2.13. The van der Waals surface area contributed by atoms with Gasteiger partial charge in [-0.1, -0.05) is 22.9 Å². The van der Waals surface area contributed by atoms with E-state index in [-0.39, 0.29) is 12.5 Å². The van der Waals surface area contributed by atoms with Crippen LogP contribution in [0.3, 0.4) is 0 Å². The number of rotatable bonds is 4. The summed E-state index contributed by atoms with van der Waals surface area (Å²) >= 11 is 3.54. The van der Waals surface area contributed by atoms with Crippen LogP contribution >= 0.6 is 15.9 Å². The lowest BCUT2D eigenvalue weighted by Crippen LogP contribution is -2.14. The fourth-order valence-electron chi connectivity index (χ4n) is 1.40. The van der Waals surface area contributed by atoms with Crippen LogP contribution in [0.4, 0.5) is 5.69 Å². The maximum Gasteiger partial charge on any atom is 0.0473 e. The minimum atomic E-state index is 0.224. The Morgan fingerprint density at radius 2 is 1.87 bits per heavy atom. The second-order valence-electron chi connectivity index (χ2n) is 4.09. The molecule has 15 heavy (non-hydrogen) atoms. The number of hydrogen-bond acceptors (Lipinski definition) is 2. The molecule has 84 valence electrons. The average Bonchev–Trinajstić information content (AvgIpc) is 2.22. The third-order valence-electron chi connectivity index (χ3n) is 2.40. The Labute approximate surface area is 99.8 Å². The lowest BCUT2D eigenvalue weighted by molar-refractivity contribution is 0.244. The van der Waals surface area contributed by atoms with Crippen molar-refractivity contribution < 1.29 is 5.11 Å². The summed E-state index contributed by atoms with van der Waals surface area (Å²) in [5, 5.41) is 12.2. The Kier molecular flexibility index (Phi) is 4.61. The smallest absolute Gasteiger partial charge is 0.0473 e. The summed E-state index contributed by atoms with van der Waals surface area (Å²) in [5.41, 5.74) is 3.58. The van der Waals surface area contributed by atoms with Crippen molar-refractivity contribution in [3.8, 4) is 0 Å². The first-order valence-electron chi connectivity index (χ1n) is 5.16. The first kappa shape index (κ1) is 12.5. The van der Waals surface area contributed by atoms with Gasteiger partial charge in [-0.3, -0.25) is 0 Å². The number of aliphatic hydroxyl groups excluding tert-OH is 1. The fraction of sp³-hybridized carbons (Fsp3) is 0.500. The van der Waals surface area contributed by atoms with E-state index in [1.54, 1.807) is 0 Å². The number of aliphatic hydroxyl groups is 1. The summed E-state index contributed by atoms with van der Waals surface area (Å²) in [7, 11) is 0. The lowest BCUT2D eigenvalue weighted by atomic mass is 10.1. The van der Waals surface area contributed by atoms with Gasteiger partial charge in [0.25, 0.3) is 0 Å². The van der Waals surface area contributed by atoms with E-state index >= 15 is 0 Å². The van der Waals surface area contributed by atoms with E-state index in [1.165, 1.54) is 15.6 Å². The molecule has 1 aromatic rings. The van der Waals surface area contributed by atoms with Crippen molar-refractivity contribution in [3.05, 3.63) is 27.7 Å². The Morgan fingerprint density at radius 1 is 1.33 bits per heavy atom. The summed E-state index contributed by atoms with van der Waals surface area (Å²) < 4.78 is 1.17. The van der Waals surface area contributed by atoms with Crippen LogP contribution in [0, 0.1) is 19.8 Å². The monoisotopic (exact) mass is 271 g/mol. The second-order valence-corrected chi connectivity index (χ2v) is 4.89. The van der Waals surface area contributed by atoms with Gasteiger partial charge in [0.1, 0.15) is 0 Å². The van der Waals surface area contributed by atoms with Gasteiger partial charge < -0.3 is 10.4 Å². The molecule has 1 aromatic carbocycles. The molecule has 0 fully saturated rings. The van der Waals surface area contributed by atoms with E-state index in [0.717, 1.165) is 12.2 Å². The molecule has 1 atom stereocenters. The zero-order valence-electron chi connectivity index (χ0n) is 9.47. The molecule has 0 aliphatic heterocycles. The van der Waals surface area contributed by atoms with Gasteiger partial charge in [0.05, 0.1) is 0 Å². The maximum absolute atomic E-state index is 8.92. The molecule has 1 unspecified atom stereocenters. The van der Waals surface area contributed by atoms with E-state index < -0.39 is 0 Å². The van der Waals surface area contributed by atoms with Crippen molar-refractivity contribution in [2.75, 3.05) is 18.5 Å². The summed E-state index contributed by atoms with van der Waals surface area (Å²) in [6.07, 6.45) is 0. The highest BCUT2D eigenvalue weighted by Crippen LogP contribution is 2.24. The molecular formula is C12H18BrNO. The number of anilines is 1. The Morgan fingerprint density at radius 3 is 2.33 bits per heavy atom. The molecule has 0 spiro atoms. The zero-order valence-corrected chi connectivity index (χ0v) is 11.1. The van der Waals surface area contributed by atoms with Crippen LogP contribution in [0.2, 0.25) is 0 Å². The zero-order chi connectivity index (χ0) is 11.4. The first-order valence-corrected chi connectivity index (χ1v) is 5.95. The third kappa shape index (κ3) is 3.50.